The third kappa shape index (κ3) is 4.82. The predicted octanol–water partition coefficient (Wildman–Crippen LogP) is -0.395. The smallest absolute Gasteiger partial charge is 0.358 e. The number of carbonyl (C=O) groups excluding carboxylic acids is 2. The van der Waals surface area contributed by atoms with E-state index in [0.29, 0.717) is 18.3 Å². The molecule has 102 valence electrons. The van der Waals surface area contributed by atoms with E-state index in [9.17, 15) is 14.7 Å². The SMILES string of the molecule is C=CCOCCOCC(=O)ON1C(=O)CCC1O. The number of ether oxygens (including phenoxy) is 2. The van der Waals surface area contributed by atoms with E-state index in [4.69, 9.17) is 9.47 Å². The molecule has 1 rings (SSSR count). The summed E-state index contributed by atoms with van der Waals surface area (Å²) < 4.78 is 10.0. The van der Waals surface area contributed by atoms with Crippen molar-refractivity contribution in [2.45, 2.75) is 19.1 Å². The van der Waals surface area contributed by atoms with Crippen LogP contribution in [-0.2, 0) is 23.9 Å². The van der Waals surface area contributed by atoms with Crippen molar-refractivity contribution in [2.75, 3.05) is 26.4 Å². The fourth-order valence-electron chi connectivity index (χ4n) is 1.33. The van der Waals surface area contributed by atoms with Crippen LogP contribution in [0.25, 0.3) is 0 Å². The van der Waals surface area contributed by atoms with Crippen LogP contribution in [0.2, 0.25) is 0 Å². The van der Waals surface area contributed by atoms with Gasteiger partial charge in [0.2, 0.25) is 0 Å². The van der Waals surface area contributed by atoms with Crippen LogP contribution in [0.5, 0.6) is 0 Å². The zero-order chi connectivity index (χ0) is 13.4. The lowest BCUT2D eigenvalue weighted by Gasteiger charge is -2.18. The molecule has 0 radical (unpaired) electrons. The molecule has 1 aliphatic heterocycles. The molecule has 1 fully saturated rings. The summed E-state index contributed by atoms with van der Waals surface area (Å²) in [5, 5.41) is 10.0. The van der Waals surface area contributed by atoms with Crippen LogP contribution in [-0.4, -0.2) is 54.7 Å². The number of rotatable bonds is 8. The van der Waals surface area contributed by atoms with Gasteiger partial charge in [0.05, 0.1) is 19.8 Å². The van der Waals surface area contributed by atoms with Crippen LogP contribution in [0.3, 0.4) is 0 Å². The average Bonchev–Trinajstić information content (AvgIpc) is 2.65. The van der Waals surface area contributed by atoms with Crippen molar-refractivity contribution < 1.29 is 29.0 Å². The summed E-state index contributed by atoms with van der Waals surface area (Å²) in [6.45, 7) is 4.17. The molecule has 7 heteroatoms. The first kappa shape index (κ1) is 14.6. The highest BCUT2D eigenvalue weighted by Crippen LogP contribution is 2.16. The summed E-state index contributed by atoms with van der Waals surface area (Å²) in [5.74, 6) is -1.14. The van der Waals surface area contributed by atoms with Crippen LogP contribution in [0.15, 0.2) is 12.7 Å². The van der Waals surface area contributed by atoms with E-state index >= 15 is 0 Å². The van der Waals surface area contributed by atoms with Crippen LogP contribution in [0.4, 0.5) is 0 Å². The van der Waals surface area contributed by atoms with Crippen molar-refractivity contribution in [1.29, 1.82) is 0 Å². The molecule has 18 heavy (non-hydrogen) atoms. The van der Waals surface area contributed by atoms with Crippen molar-refractivity contribution in [3.8, 4) is 0 Å². The Morgan fingerprint density at radius 1 is 1.50 bits per heavy atom. The number of aliphatic hydroxyl groups excluding tert-OH is 1. The Morgan fingerprint density at radius 3 is 2.83 bits per heavy atom. The maximum absolute atomic E-state index is 11.3. The number of hydroxylamine groups is 2. The molecule has 7 nitrogen and oxygen atoms in total. The zero-order valence-corrected chi connectivity index (χ0v) is 10.0. The minimum atomic E-state index is -1.06. The Kier molecular flexibility index (Phi) is 6.34. The molecule has 1 heterocycles. The highest BCUT2D eigenvalue weighted by Gasteiger charge is 2.32. The molecular formula is C11H17NO6. The van der Waals surface area contributed by atoms with E-state index in [0.717, 1.165) is 0 Å². The van der Waals surface area contributed by atoms with E-state index in [1.54, 1.807) is 6.08 Å². The van der Waals surface area contributed by atoms with Gasteiger partial charge in [-0.3, -0.25) is 4.79 Å². The van der Waals surface area contributed by atoms with Gasteiger partial charge in [0.15, 0.2) is 6.23 Å². The van der Waals surface area contributed by atoms with Crippen molar-refractivity contribution in [3.05, 3.63) is 12.7 Å². The first-order valence-corrected chi connectivity index (χ1v) is 5.62. The lowest BCUT2D eigenvalue weighted by atomic mass is 10.4. The summed E-state index contributed by atoms with van der Waals surface area (Å²) in [6, 6.07) is 0. The maximum atomic E-state index is 11.3. The van der Waals surface area contributed by atoms with Crippen molar-refractivity contribution in [2.24, 2.45) is 0 Å². The lowest BCUT2D eigenvalue weighted by Crippen LogP contribution is -2.36. The Balaban J connectivity index is 2.10. The van der Waals surface area contributed by atoms with Gasteiger partial charge in [-0.2, -0.15) is 0 Å². The second-order valence-corrected chi connectivity index (χ2v) is 3.62. The summed E-state index contributed by atoms with van der Waals surface area (Å²) >= 11 is 0. The Hall–Kier alpha value is -1.44. The fraction of sp³-hybridized carbons (Fsp3) is 0.636. The molecule has 0 saturated carbocycles. The molecular weight excluding hydrogens is 242 g/mol. The monoisotopic (exact) mass is 259 g/mol. The summed E-state index contributed by atoms with van der Waals surface area (Å²) in [7, 11) is 0. The number of aliphatic hydroxyl groups is 1. The van der Waals surface area contributed by atoms with Crippen LogP contribution in [0.1, 0.15) is 12.8 Å². The summed E-state index contributed by atoms with van der Waals surface area (Å²) in [4.78, 5) is 27.1. The topological polar surface area (TPSA) is 85.3 Å². The average molecular weight is 259 g/mol. The van der Waals surface area contributed by atoms with Gasteiger partial charge in [-0.1, -0.05) is 6.08 Å². The number of carbonyl (C=O) groups is 2. The van der Waals surface area contributed by atoms with Crippen molar-refractivity contribution in [1.82, 2.24) is 5.06 Å². The number of hydrogen-bond acceptors (Lipinski definition) is 6. The minimum Gasteiger partial charge on any atom is -0.375 e. The number of amides is 1. The molecule has 0 aromatic heterocycles. The summed E-state index contributed by atoms with van der Waals surface area (Å²) in [5.41, 5.74) is 0. The third-order valence-corrected chi connectivity index (χ3v) is 2.16. The molecule has 1 N–H and O–H groups in total. The van der Waals surface area contributed by atoms with E-state index < -0.39 is 18.1 Å². The second kappa shape index (κ2) is 7.80. The largest absolute Gasteiger partial charge is 0.375 e. The molecule has 1 aliphatic rings. The van der Waals surface area contributed by atoms with E-state index in [-0.39, 0.29) is 26.1 Å². The van der Waals surface area contributed by atoms with Gasteiger partial charge in [-0.05, 0) is 0 Å². The van der Waals surface area contributed by atoms with Gasteiger partial charge in [0.1, 0.15) is 6.61 Å². The van der Waals surface area contributed by atoms with Crippen LogP contribution >= 0.6 is 0 Å². The first-order chi connectivity index (χ1) is 8.65. The van der Waals surface area contributed by atoms with E-state index in [1.165, 1.54) is 0 Å². The van der Waals surface area contributed by atoms with E-state index in [2.05, 4.69) is 11.4 Å². The maximum Gasteiger partial charge on any atom is 0.358 e. The highest BCUT2D eigenvalue weighted by molar-refractivity contribution is 5.80. The standard InChI is InChI=1S/C11H17NO6/c1-2-5-16-6-7-17-8-11(15)18-12-9(13)3-4-10(12)14/h2,9,13H,1,3-8H2. The van der Waals surface area contributed by atoms with Crippen LogP contribution in [0, 0.1) is 0 Å². The second-order valence-electron chi connectivity index (χ2n) is 3.62. The van der Waals surface area contributed by atoms with E-state index in [1.807, 2.05) is 0 Å². The van der Waals surface area contributed by atoms with Crippen LogP contribution < -0.4 is 0 Å². The highest BCUT2D eigenvalue weighted by atomic mass is 16.7. The van der Waals surface area contributed by atoms with Gasteiger partial charge in [-0.25, -0.2) is 4.79 Å². The Labute approximate surface area is 105 Å². The normalized spacial score (nSPS) is 19.1. The molecule has 0 aromatic carbocycles. The minimum absolute atomic E-state index is 0.171. The van der Waals surface area contributed by atoms with Gasteiger partial charge >= 0.3 is 5.97 Å². The van der Waals surface area contributed by atoms with Crippen molar-refractivity contribution >= 4 is 11.9 Å². The molecule has 1 unspecified atom stereocenters. The predicted molar refractivity (Wildman–Crippen MR) is 60.0 cm³/mol. The lowest BCUT2D eigenvalue weighted by molar-refractivity contribution is -0.223. The Bertz CT molecular complexity index is 306. The molecule has 0 aromatic rings. The molecule has 1 atom stereocenters. The van der Waals surface area contributed by atoms with Gasteiger partial charge in [-0.15, -0.1) is 11.6 Å². The first-order valence-electron chi connectivity index (χ1n) is 5.62. The molecule has 0 aliphatic carbocycles. The molecule has 1 saturated heterocycles. The molecule has 1 amide bonds. The van der Waals surface area contributed by atoms with Crippen molar-refractivity contribution in [3.63, 3.8) is 0 Å². The van der Waals surface area contributed by atoms with Gasteiger partial charge in [0, 0.05) is 12.8 Å². The molecule has 0 bridgehead atoms. The number of nitrogens with zero attached hydrogens (tertiary/aromatic N) is 1. The van der Waals surface area contributed by atoms with Gasteiger partial charge < -0.3 is 19.4 Å². The Morgan fingerprint density at radius 2 is 2.22 bits per heavy atom. The molecule has 0 spiro atoms. The quantitative estimate of drug-likeness (QED) is 0.472. The third-order valence-electron chi connectivity index (χ3n) is 2.16. The number of hydrogen-bond donors (Lipinski definition) is 1. The zero-order valence-electron chi connectivity index (χ0n) is 10.0. The summed E-state index contributed by atoms with van der Waals surface area (Å²) in [6.07, 6.45) is 0.985. The van der Waals surface area contributed by atoms with Gasteiger partial charge in [0.25, 0.3) is 5.91 Å². The fourth-order valence-corrected chi connectivity index (χ4v) is 1.33.